The molecule has 9 heteroatoms. The lowest BCUT2D eigenvalue weighted by atomic mass is 9.98. The maximum absolute atomic E-state index is 12.7. The number of amides is 2. The molecule has 3 N–H and O–H groups in total. The van der Waals surface area contributed by atoms with Gasteiger partial charge in [0.05, 0.1) is 19.1 Å². The number of ether oxygens (including phenoxy) is 3. The van der Waals surface area contributed by atoms with E-state index >= 15 is 0 Å². The summed E-state index contributed by atoms with van der Waals surface area (Å²) in [5.74, 6) is -2.00. The van der Waals surface area contributed by atoms with E-state index in [9.17, 15) is 19.5 Å². The van der Waals surface area contributed by atoms with E-state index in [-0.39, 0.29) is 19.1 Å². The van der Waals surface area contributed by atoms with Gasteiger partial charge in [-0.1, -0.05) is 48.5 Å². The molecule has 0 fully saturated rings. The first-order valence-corrected chi connectivity index (χ1v) is 11.1. The number of hydrogen-bond acceptors (Lipinski definition) is 6. The molecule has 34 heavy (non-hydrogen) atoms. The second-order valence-corrected chi connectivity index (χ2v) is 8.06. The number of alkyl carbamates (subject to hydrolysis) is 1. The molecule has 1 aliphatic rings. The lowest BCUT2D eigenvalue weighted by molar-refractivity contribution is -0.140. The molecule has 0 bridgehead atoms. The molecular formula is C25H30N2O7. The Morgan fingerprint density at radius 1 is 0.941 bits per heavy atom. The fraction of sp³-hybridized carbons (Fsp3) is 0.400. The molecule has 2 aromatic rings. The minimum absolute atomic E-state index is 0.0570. The van der Waals surface area contributed by atoms with Crippen LogP contribution in [0.1, 0.15) is 29.9 Å². The summed E-state index contributed by atoms with van der Waals surface area (Å²) in [6.07, 6.45) is -0.968. The van der Waals surface area contributed by atoms with E-state index in [1.807, 2.05) is 48.5 Å². The Balaban J connectivity index is 1.64. The van der Waals surface area contributed by atoms with Gasteiger partial charge in [-0.15, -0.1) is 0 Å². The lowest BCUT2D eigenvalue weighted by Crippen LogP contribution is -2.51. The van der Waals surface area contributed by atoms with Crippen molar-refractivity contribution in [2.24, 2.45) is 0 Å². The number of hydrogen-bond donors (Lipinski definition) is 3. The van der Waals surface area contributed by atoms with Crippen LogP contribution in [0.15, 0.2) is 48.5 Å². The first-order chi connectivity index (χ1) is 16.4. The van der Waals surface area contributed by atoms with Crippen LogP contribution in [0.4, 0.5) is 4.79 Å². The highest BCUT2D eigenvalue weighted by atomic mass is 16.5. The Hall–Kier alpha value is -3.43. The van der Waals surface area contributed by atoms with Crippen molar-refractivity contribution in [3.05, 3.63) is 59.7 Å². The molecule has 0 aliphatic heterocycles. The highest BCUT2D eigenvalue weighted by molar-refractivity contribution is 5.89. The Bertz CT molecular complexity index is 965. The van der Waals surface area contributed by atoms with Crippen LogP contribution in [0.3, 0.4) is 0 Å². The summed E-state index contributed by atoms with van der Waals surface area (Å²) in [6, 6.07) is 14.2. The Labute approximate surface area is 198 Å². The zero-order valence-corrected chi connectivity index (χ0v) is 19.3. The van der Waals surface area contributed by atoms with Crippen molar-refractivity contribution in [3.63, 3.8) is 0 Å². The van der Waals surface area contributed by atoms with Gasteiger partial charge in [-0.2, -0.15) is 0 Å². The van der Waals surface area contributed by atoms with Gasteiger partial charge >= 0.3 is 12.1 Å². The van der Waals surface area contributed by atoms with Crippen molar-refractivity contribution in [2.45, 2.75) is 30.8 Å². The smallest absolute Gasteiger partial charge is 0.407 e. The number of nitrogens with one attached hydrogen (secondary N) is 2. The summed E-state index contributed by atoms with van der Waals surface area (Å²) in [4.78, 5) is 36.6. The molecule has 0 radical (unpaired) electrons. The average Bonchev–Trinajstić information content (AvgIpc) is 3.14. The average molecular weight is 471 g/mol. The zero-order valence-electron chi connectivity index (χ0n) is 19.3. The monoisotopic (exact) mass is 470 g/mol. The van der Waals surface area contributed by atoms with E-state index in [1.54, 1.807) is 0 Å². The van der Waals surface area contributed by atoms with Gasteiger partial charge in [-0.25, -0.2) is 4.79 Å². The molecule has 9 nitrogen and oxygen atoms in total. The molecule has 2 atom stereocenters. The van der Waals surface area contributed by atoms with Crippen LogP contribution < -0.4 is 10.6 Å². The van der Waals surface area contributed by atoms with E-state index in [0.29, 0.717) is 13.0 Å². The molecule has 182 valence electrons. The fourth-order valence-corrected chi connectivity index (χ4v) is 4.13. The third-order valence-electron chi connectivity index (χ3n) is 5.72. The predicted octanol–water partition coefficient (Wildman–Crippen LogP) is 2.54. The zero-order chi connectivity index (χ0) is 24.5. The van der Waals surface area contributed by atoms with Crippen molar-refractivity contribution < 1.29 is 33.7 Å². The van der Waals surface area contributed by atoms with E-state index in [2.05, 4.69) is 10.6 Å². The van der Waals surface area contributed by atoms with Crippen LogP contribution in [0.5, 0.6) is 0 Å². The van der Waals surface area contributed by atoms with Crippen LogP contribution in [0.2, 0.25) is 0 Å². The first-order valence-electron chi connectivity index (χ1n) is 11.1. The molecule has 3 rings (SSSR count). The Morgan fingerprint density at radius 2 is 1.56 bits per heavy atom. The van der Waals surface area contributed by atoms with Gasteiger partial charge in [0.2, 0.25) is 5.91 Å². The number of carboxylic acids is 1. The SMILES string of the molecule is COCCC(COC)NC(=O)C(CC(=O)O)NC(=O)OCC1c2ccccc2-c2ccccc21. The Kier molecular flexibility index (Phi) is 9.00. The number of carbonyl (C=O) groups is 3. The van der Waals surface area contributed by atoms with Crippen molar-refractivity contribution in [3.8, 4) is 11.1 Å². The van der Waals surface area contributed by atoms with E-state index < -0.39 is 36.5 Å². The number of aliphatic carboxylic acids is 1. The topological polar surface area (TPSA) is 123 Å². The highest BCUT2D eigenvalue weighted by Gasteiger charge is 2.30. The van der Waals surface area contributed by atoms with Crippen molar-refractivity contribution in [1.82, 2.24) is 10.6 Å². The van der Waals surface area contributed by atoms with Gasteiger partial charge in [-0.3, -0.25) is 9.59 Å². The maximum atomic E-state index is 12.7. The largest absolute Gasteiger partial charge is 0.481 e. The van der Waals surface area contributed by atoms with Gasteiger partial charge in [0.1, 0.15) is 12.6 Å². The number of fused-ring (bicyclic) bond motifs is 3. The van der Waals surface area contributed by atoms with Gasteiger partial charge < -0.3 is 30.0 Å². The van der Waals surface area contributed by atoms with Crippen LogP contribution in [-0.2, 0) is 23.8 Å². The summed E-state index contributed by atoms with van der Waals surface area (Å²) < 4.78 is 15.6. The molecule has 0 aromatic heterocycles. The molecule has 0 saturated carbocycles. The third-order valence-corrected chi connectivity index (χ3v) is 5.72. The molecule has 0 heterocycles. The number of carboxylic acid groups (broad SMARTS) is 1. The lowest BCUT2D eigenvalue weighted by Gasteiger charge is -2.22. The highest BCUT2D eigenvalue weighted by Crippen LogP contribution is 2.44. The first kappa shape index (κ1) is 25.2. The molecule has 0 spiro atoms. The number of methoxy groups -OCH3 is 2. The number of rotatable bonds is 12. The van der Waals surface area contributed by atoms with E-state index in [0.717, 1.165) is 22.3 Å². The summed E-state index contributed by atoms with van der Waals surface area (Å²) in [5, 5.41) is 14.3. The van der Waals surface area contributed by atoms with Gasteiger partial charge in [-0.05, 0) is 28.7 Å². The third kappa shape index (κ3) is 6.33. The number of benzene rings is 2. The molecule has 1 aliphatic carbocycles. The Morgan fingerprint density at radius 3 is 2.12 bits per heavy atom. The molecule has 2 unspecified atom stereocenters. The quantitative estimate of drug-likeness (QED) is 0.436. The van der Waals surface area contributed by atoms with E-state index in [4.69, 9.17) is 14.2 Å². The fourth-order valence-electron chi connectivity index (χ4n) is 4.13. The minimum atomic E-state index is -1.30. The van der Waals surface area contributed by atoms with Crippen LogP contribution in [0.25, 0.3) is 11.1 Å². The summed E-state index contributed by atoms with van der Waals surface area (Å²) in [6.45, 7) is 0.666. The van der Waals surface area contributed by atoms with Crippen LogP contribution >= 0.6 is 0 Å². The van der Waals surface area contributed by atoms with Crippen molar-refractivity contribution in [2.75, 3.05) is 34.0 Å². The summed E-state index contributed by atoms with van der Waals surface area (Å²) in [5.41, 5.74) is 4.29. The molecule has 0 saturated heterocycles. The second kappa shape index (κ2) is 12.2. The van der Waals surface area contributed by atoms with Gasteiger partial charge in [0, 0.05) is 26.7 Å². The van der Waals surface area contributed by atoms with E-state index in [1.165, 1.54) is 14.2 Å². The molecule has 2 amide bonds. The number of carbonyl (C=O) groups excluding carboxylic acids is 2. The predicted molar refractivity (Wildman–Crippen MR) is 125 cm³/mol. The normalized spacial score (nSPS) is 13.9. The second-order valence-electron chi connectivity index (χ2n) is 8.06. The summed E-state index contributed by atoms with van der Waals surface area (Å²) in [7, 11) is 3.03. The summed E-state index contributed by atoms with van der Waals surface area (Å²) >= 11 is 0. The van der Waals surface area contributed by atoms with Crippen LogP contribution in [-0.4, -0.2) is 69.2 Å². The molecular weight excluding hydrogens is 440 g/mol. The van der Waals surface area contributed by atoms with Crippen molar-refractivity contribution in [1.29, 1.82) is 0 Å². The van der Waals surface area contributed by atoms with Crippen molar-refractivity contribution >= 4 is 18.0 Å². The van der Waals surface area contributed by atoms with Gasteiger partial charge in [0.15, 0.2) is 0 Å². The standard InChI is InChI=1S/C25H30N2O7/c1-32-12-11-16(14-33-2)26-24(30)22(13-23(28)29)27-25(31)34-15-21-19-9-5-3-7-17(19)18-8-4-6-10-20(18)21/h3-10,16,21-22H,11-15H2,1-2H3,(H,26,30)(H,27,31)(H,28,29). The van der Waals surface area contributed by atoms with Crippen LogP contribution in [0, 0.1) is 0 Å². The molecule has 2 aromatic carbocycles. The minimum Gasteiger partial charge on any atom is -0.481 e. The maximum Gasteiger partial charge on any atom is 0.407 e. The van der Waals surface area contributed by atoms with Gasteiger partial charge in [0.25, 0.3) is 0 Å².